The molecule has 2 aliphatic heterocycles. The van der Waals surface area contributed by atoms with Crippen molar-refractivity contribution >= 4 is 11.9 Å². The number of carboxylic acids is 1. The zero-order valence-corrected chi connectivity index (χ0v) is 7.49. The first-order chi connectivity index (χ1) is 6.68. The molecule has 2 N–H and O–H groups in total. The van der Waals surface area contributed by atoms with Crippen molar-refractivity contribution in [1.29, 1.82) is 0 Å². The van der Waals surface area contributed by atoms with E-state index in [4.69, 9.17) is 5.11 Å². The van der Waals surface area contributed by atoms with Crippen LogP contribution in [0.4, 0.5) is 0 Å². The number of fused-ring (bicyclic) bond motifs is 1. The van der Waals surface area contributed by atoms with Gasteiger partial charge in [-0.05, 0) is 12.2 Å². The first kappa shape index (κ1) is 8.80. The van der Waals surface area contributed by atoms with Crippen molar-refractivity contribution in [2.75, 3.05) is 19.6 Å². The molecule has 0 aromatic heterocycles. The van der Waals surface area contributed by atoms with Gasteiger partial charge < -0.3 is 15.3 Å². The summed E-state index contributed by atoms with van der Waals surface area (Å²) in [5, 5.41) is 11.5. The van der Waals surface area contributed by atoms with Gasteiger partial charge in [-0.1, -0.05) is 0 Å². The van der Waals surface area contributed by atoms with Gasteiger partial charge in [0.2, 0.25) is 0 Å². The van der Waals surface area contributed by atoms with Crippen molar-refractivity contribution in [2.24, 2.45) is 0 Å². The van der Waals surface area contributed by atoms with Gasteiger partial charge in [-0.3, -0.25) is 4.79 Å². The van der Waals surface area contributed by atoms with E-state index in [1.165, 1.54) is 6.08 Å². The molecule has 14 heavy (non-hydrogen) atoms. The van der Waals surface area contributed by atoms with Crippen LogP contribution in [-0.2, 0) is 9.59 Å². The van der Waals surface area contributed by atoms with Crippen molar-refractivity contribution in [3.05, 3.63) is 23.4 Å². The van der Waals surface area contributed by atoms with Crippen LogP contribution in [0.15, 0.2) is 23.4 Å². The lowest BCUT2D eigenvalue weighted by molar-refractivity contribution is -0.133. The molecule has 0 aromatic carbocycles. The molecule has 2 aliphatic rings. The van der Waals surface area contributed by atoms with E-state index in [1.807, 2.05) is 0 Å². The Labute approximate surface area is 80.7 Å². The highest BCUT2D eigenvalue weighted by Gasteiger charge is 2.26. The Morgan fingerprint density at radius 3 is 3.00 bits per heavy atom. The molecule has 0 atom stereocenters. The number of amides is 1. The minimum absolute atomic E-state index is 0.128. The molecule has 5 nitrogen and oxygen atoms in total. The SMILES string of the molecule is O=C(O)C1=CC=C2C(=O)NCCN2C1. The minimum Gasteiger partial charge on any atom is -0.478 e. The number of aliphatic carboxylic acids is 1. The number of hydrogen-bond acceptors (Lipinski definition) is 3. The largest absolute Gasteiger partial charge is 0.478 e. The molecule has 5 heteroatoms. The summed E-state index contributed by atoms with van der Waals surface area (Å²) in [6, 6.07) is 0. The Bertz CT molecular complexity index is 357. The van der Waals surface area contributed by atoms with E-state index in [2.05, 4.69) is 5.32 Å². The Kier molecular flexibility index (Phi) is 1.99. The van der Waals surface area contributed by atoms with Gasteiger partial charge in [-0.2, -0.15) is 0 Å². The molecule has 0 unspecified atom stereocenters. The van der Waals surface area contributed by atoms with Crippen LogP contribution in [0.2, 0.25) is 0 Å². The lowest BCUT2D eigenvalue weighted by Gasteiger charge is -2.32. The number of nitrogens with one attached hydrogen (secondary N) is 1. The van der Waals surface area contributed by atoms with E-state index < -0.39 is 5.97 Å². The van der Waals surface area contributed by atoms with Gasteiger partial charge in [-0.25, -0.2) is 4.79 Å². The maximum atomic E-state index is 11.3. The zero-order valence-electron chi connectivity index (χ0n) is 7.49. The number of allylic oxidation sites excluding steroid dienone is 2. The van der Waals surface area contributed by atoms with Gasteiger partial charge in [-0.15, -0.1) is 0 Å². The summed E-state index contributed by atoms with van der Waals surface area (Å²) in [5.74, 6) is -1.05. The maximum absolute atomic E-state index is 11.3. The van der Waals surface area contributed by atoms with Crippen molar-refractivity contribution < 1.29 is 14.7 Å². The summed E-state index contributed by atoms with van der Waals surface area (Å²) in [5.41, 5.74) is 0.879. The Morgan fingerprint density at radius 2 is 2.29 bits per heavy atom. The number of carboxylic acid groups (broad SMARTS) is 1. The summed E-state index contributed by atoms with van der Waals surface area (Å²) < 4.78 is 0. The summed E-state index contributed by atoms with van der Waals surface area (Å²) >= 11 is 0. The highest BCUT2D eigenvalue weighted by molar-refractivity contribution is 5.96. The quantitative estimate of drug-likeness (QED) is 0.580. The molecule has 2 rings (SSSR count). The second-order valence-corrected chi connectivity index (χ2v) is 3.23. The second kappa shape index (κ2) is 3.17. The third kappa shape index (κ3) is 1.37. The number of carbonyl (C=O) groups excluding carboxylic acids is 1. The molecule has 0 aromatic rings. The summed E-state index contributed by atoms with van der Waals surface area (Å²) in [4.78, 5) is 23.8. The molecule has 0 radical (unpaired) electrons. The first-order valence-electron chi connectivity index (χ1n) is 4.36. The van der Waals surface area contributed by atoms with Crippen molar-refractivity contribution in [3.8, 4) is 0 Å². The predicted molar refractivity (Wildman–Crippen MR) is 48.4 cm³/mol. The van der Waals surface area contributed by atoms with Crippen LogP contribution in [0.25, 0.3) is 0 Å². The normalized spacial score (nSPS) is 20.6. The highest BCUT2D eigenvalue weighted by Crippen LogP contribution is 2.16. The summed E-state index contributed by atoms with van der Waals surface area (Å²) in [6.07, 6.45) is 3.04. The van der Waals surface area contributed by atoms with Crippen molar-refractivity contribution in [1.82, 2.24) is 10.2 Å². The Balaban J connectivity index is 2.27. The average molecular weight is 194 g/mol. The van der Waals surface area contributed by atoms with Gasteiger partial charge in [0.15, 0.2) is 0 Å². The number of hydrogen-bond donors (Lipinski definition) is 2. The predicted octanol–water partition coefficient (Wildman–Crippen LogP) is -0.673. The fourth-order valence-electron chi connectivity index (χ4n) is 1.58. The summed E-state index contributed by atoms with van der Waals surface area (Å²) in [6.45, 7) is 1.56. The van der Waals surface area contributed by atoms with E-state index in [0.717, 1.165) is 0 Å². The zero-order chi connectivity index (χ0) is 10.1. The second-order valence-electron chi connectivity index (χ2n) is 3.23. The average Bonchev–Trinajstić information content (AvgIpc) is 2.17. The highest BCUT2D eigenvalue weighted by atomic mass is 16.4. The van der Waals surface area contributed by atoms with E-state index in [0.29, 0.717) is 30.9 Å². The van der Waals surface area contributed by atoms with Crippen LogP contribution in [0.5, 0.6) is 0 Å². The van der Waals surface area contributed by atoms with Gasteiger partial charge in [0.1, 0.15) is 5.70 Å². The molecule has 1 saturated heterocycles. The Hall–Kier alpha value is -1.78. The van der Waals surface area contributed by atoms with Gasteiger partial charge in [0, 0.05) is 13.1 Å². The first-order valence-corrected chi connectivity index (χ1v) is 4.36. The fourth-order valence-corrected chi connectivity index (χ4v) is 1.58. The third-order valence-corrected chi connectivity index (χ3v) is 2.32. The molecule has 0 spiro atoms. The number of nitrogens with zero attached hydrogens (tertiary/aromatic N) is 1. The van der Waals surface area contributed by atoms with Gasteiger partial charge in [0.05, 0.1) is 12.1 Å². The topological polar surface area (TPSA) is 69.6 Å². The van der Waals surface area contributed by atoms with Crippen LogP contribution in [0.3, 0.4) is 0 Å². The fraction of sp³-hybridized carbons (Fsp3) is 0.333. The van der Waals surface area contributed by atoms with Crippen LogP contribution < -0.4 is 5.32 Å². The molecule has 0 bridgehead atoms. The summed E-state index contributed by atoms with van der Waals surface area (Å²) in [7, 11) is 0. The monoisotopic (exact) mass is 194 g/mol. The van der Waals surface area contributed by atoms with Crippen LogP contribution in [0.1, 0.15) is 0 Å². The molecule has 0 aliphatic carbocycles. The van der Waals surface area contributed by atoms with E-state index in [9.17, 15) is 9.59 Å². The number of carbonyl (C=O) groups is 2. The molecular weight excluding hydrogens is 184 g/mol. The van der Waals surface area contributed by atoms with Crippen LogP contribution in [0, 0.1) is 0 Å². The molecular formula is C9H10N2O3. The van der Waals surface area contributed by atoms with E-state index in [-0.39, 0.29) is 5.91 Å². The van der Waals surface area contributed by atoms with Gasteiger partial charge in [0.25, 0.3) is 5.91 Å². The van der Waals surface area contributed by atoms with Crippen molar-refractivity contribution in [3.63, 3.8) is 0 Å². The standard InChI is InChI=1S/C9H10N2O3/c12-8-7-2-1-6(9(13)14)5-11(7)4-3-10-8/h1-2H,3-5H2,(H,10,12)(H,13,14). The van der Waals surface area contributed by atoms with Crippen LogP contribution >= 0.6 is 0 Å². The molecule has 1 amide bonds. The van der Waals surface area contributed by atoms with Crippen LogP contribution in [-0.4, -0.2) is 41.5 Å². The molecule has 74 valence electrons. The number of piperazine rings is 1. The lowest BCUT2D eigenvalue weighted by atomic mass is 10.1. The van der Waals surface area contributed by atoms with Gasteiger partial charge >= 0.3 is 5.97 Å². The third-order valence-electron chi connectivity index (χ3n) is 2.32. The van der Waals surface area contributed by atoms with E-state index in [1.54, 1.807) is 11.0 Å². The van der Waals surface area contributed by atoms with E-state index >= 15 is 0 Å². The minimum atomic E-state index is -0.925. The number of rotatable bonds is 1. The molecule has 0 saturated carbocycles. The van der Waals surface area contributed by atoms with Crippen molar-refractivity contribution in [2.45, 2.75) is 0 Å². The Morgan fingerprint density at radius 1 is 1.50 bits per heavy atom. The molecule has 1 fully saturated rings. The maximum Gasteiger partial charge on any atom is 0.333 e. The smallest absolute Gasteiger partial charge is 0.333 e. The lowest BCUT2D eigenvalue weighted by Crippen LogP contribution is -2.47. The molecule has 2 heterocycles.